The van der Waals surface area contributed by atoms with Crippen LogP contribution in [-0.4, -0.2) is 81.4 Å². The van der Waals surface area contributed by atoms with Crippen LogP contribution in [0.25, 0.3) is 0 Å². The Kier molecular flexibility index (Phi) is 14.7. The van der Waals surface area contributed by atoms with Gasteiger partial charge in [-0.3, -0.25) is 9.48 Å². The van der Waals surface area contributed by atoms with Crippen LogP contribution in [0.2, 0.25) is 0 Å². The highest BCUT2D eigenvalue weighted by atomic mass is 16.7. The number of hydrogen-bond acceptors (Lipinski definition) is 8. The summed E-state index contributed by atoms with van der Waals surface area (Å²) in [6.07, 6.45) is 4.21. The highest BCUT2D eigenvalue weighted by Gasteiger charge is 2.19. The van der Waals surface area contributed by atoms with E-state index in [0.29, 0.717) is 19.4 Å². The molecule has 0 saturated carbocycles. The fraction of sp³-hybridized carbons (Fsp3) is 0.727. The minimum Gasteiger partial charge on any atom is -0.480 e. The van der Waals surface area contributed by atoms with Gasteiger partial charge in [-0.1, -0.05) is 18.3 Å². The molecule has 0 radical (unpaired) electrons. The number of carboxylic acid groups (broad SMARTS) is 1. The molecule has 1 aromatic rings. The molecule has 0 unspecified atom stereocenters. The van der Waals surface area contributed by atoms with E-state index in [-0.39, 0.29) is 31.3 Å². The van der Waals surface area contributed by atoms with Gasteiger partial charge >= 0.3 is 5.97 Å². The number of aliphatic imine (C=N–C) groups is 1. The molecule has 0 saturated heterocycles. The number of nitro groups is 1. The van der Waals surface area contributed by atoms with E-state index in [4.69, 9.17) is 11.5 Å². The molecule has 0 aliphatic carbocycles. The Morgan fingerprint density at radius 3 is 2.56 bits per heavy atom. The predicted octanol–water partition coefficient (Wildman–Crippen LogP) is 0.157. The molecule has 36 heavy (non-hydrogen) atoms. The van der Waals surface area contributed by atoms with Gasteiger partial charge in [-0.2, -0.15) is 5.10 Å². The van der Waals surface area contributed by atoms with Gasteiger partial charge in [-0.25, -0.2) is 19.9 Å². The number of unbranched alkanes of at least 4 members (excludes halogenated alkanes) is 3. The smallest absolute Gasteiger partial charge is 0.326 e. The third kappa shape index (κ3) is 13.6. The van der Waals surface area contributed by atoms with Gasteiger partial charge in [0.1, 0.15) is 6.04 Å². The molecule has 1 amide bonds. The summed E-state index contributed by atoms with van der Waals surface area (Å²) in [6, 6.07) is 1.03. The van der Waals surface area contributed by atoms with E-state index < -0.39 is 17.0 Å². The van der Waals surface area contributed by atoms with Crippen molar-refractivity contribution >= 4 is 17.8 Å². The first kappa shape index (κ1) is 30.8. The Labute approximate surface area is 211 Å². The van der Waals surface area contributed by atoms with Gasteiger partial charge in [-0.15, -0.1) is 0 Å². The molecule has 0 spiro atoms. The van der Waals surface area contributed by atoms with E-state index >= 15 is 0 Å². The first-order chi connectivity index (χ1) is 17.1. The number of carbonyl (C=O) groups is 2. The van der Waals surface area contributed by atoms with Gasteiger partial charge < -0.3 is 26.8 Å². The molecule has 1 rings (SSSR count). The van der Waals surface area contributed by atoms with E-state index in [1.807, 2.05) is 18.5 Å². The maximum absolute atomic E-state index is 12.2. The predicted molar refractivity (Wildman–Crippen MR) is 136 cm³/mol. The van der Waals surface area contributed by atoms with Crippen LogP contribution in [0.5, 0.6) is 0 Å². The number of guanidine groups is 1. The largest absolute Gasteiger partial charge is 0.480 e. The van der Waals surface area contributed by atoms with E-state index in [9.17, 15) is 24.8 Å². The molecule has 7 N–H and O–H groups in total. The molecule has 1 atom stereocenters. The summed E-state index contributed by atoms with van der Waals surface area (Å²) >= 11 is 0. The molecule has 0 aromatic carbocycles. The number of carboxylic acids is 1. The van der Waals surface area contributed by atoms with E-state index in [0.717, 1.165) is 56.8 Å². The molecule has 0 fully saturated rings. The van der Waals surface area contributed by atoms with Crippen molar-refractivity contribution in [3.63, 3.8) is 0 Å². The number of aromatic nitrogens is 2. The van der Waals surface area contributed by atoms with Crippen LogP contribution in [0, 0.1) is 24.0 Å². The number of amides is 1. The third-order valence-corrected chi connectivity index (χ3v) is 5.58. The van der Waals surface area contributed by atoms with Crippen molar-refractivity contribution in [3.05, 3.63) is 27.6 Å². The Bertz CT molecular complexity index is 859. The van der Waals surface area contributed by atoms with Crippen molar-refractivity contribution in [1.82, 2.24) is 25.4 Å². The zero-order valence-corrected chi connectivity index (χ0v) is 21.3. The standard InChI is InChI=1S/C22H41N9O5/c1-17-16-18(2)30(27-17)15-14-29(13-10-23)12-6-4-3-5-9-20(32)26-19(21(33)34)8-7-11-25-22(24)28-31(35)36/h16,19H,3-15,23H2,1-2H3,(H,26,32)(H,33,34)(H3,24,25,28)/t19-/m0/s1. The lowest BCUT2D eigenvalue weighted by molar-refractivity contribution is -0.525. The summed E-state index contributed by atoms with van der Waals surface area (Å²) in [4.78, 5) is 39.9. The second kappa shape index (κ2) is 17.2. The molecule has 204 valence electrons. The Balaban J connectivity index is 2.24. The number of nitrogens with two attached hydrogens (primary N) is 2. The monoisotopic (exact) mass is 511 g/mol. The van der Waals surface area contributed by atoms with Gasteiger partial charge in [0.25, 0.3) is 5.96 Å². The van der Waals surface area contributed by atoms with Crippen molar-refractivity contribution in [3.8, 4) is 0 Å². The van der Waals surface area contributed by atoms with Crippen LogP contribution >= 0.6 is 0 Å². The Morgan fingerprint density at radius 2 is 1.94 bits per heavy atom. The summed E-state index contributed by atoms with van der Waals surface area (Å²) < 4.78 is 2.01. The minimum absolute atomic E-state index is 0.106. The number of hydrogen-bond donors (Lipinski definition) is 5. The van der Waals surface area contributed by atoms with Gasteiger partial charge in [0.2, 0.25) is 5.91 Å². The van der Waals surface area contributed by atoms with Crippen molar-refractivity contribution in [1.29, 1.82) is 0 Å². The van der Waals surface area contributed by atoms with Gasteiger partial charge in [0, 0.05) is 38.3 Å². The SMILES string of the molecule is Cc1cc(C)n(CCN(CCN)CCCCCCC(=O)N[C@@H](CCCN=C(N)N[N+](=O)[O-])C(=O)O)n1. The minimum atomic E-state index is -1.14. The molecule has 14 heteroatoms. The summed E-state index contributed by atoms with van der Waals surface area (Å²) in [6.45, 7) is 8.18. The highest BCUT2D eigenvalue weighted by Crippen LogP contribution is 2.07. The molecule has 14 nitrogen and oxygen atoms in total. The first-order valence-electron chi connectivity index (χ1n) is 12.3. The number of hydrazine groups is 1. The molecule has 1 aromatic heterocycles. The van der Waals surface area contributed by atoms with Gasteiger partial charge in [0.15, 0.2) is 5.03 Å². The van der Waals surface area contributed by atoms with Crippen LogP contribution in [0.4, 0.5) is 0 Å². The molecular weight excluding hydrogens is 470 g/mol. The molecular formula is C22H41N9O5. The lowest BCUT2D eigenvalue weighted by atomic mass is 10.1. The molecule has 0 bridgehead atoms. The second-order valence-electron chi connectivity index (χ2n) is 8.68. The maximum atomic E-state index is 12.2. The van der Waals surface area contributed by atoms with Gasteiger partial charge in [-0.05, 0) is 52.1 Å². The van der Waals surface area contributed by atoms with Crippen LogP contribution in [-0.2, 0) is 16.1 Å². The fourth-order valence-corrected chi connectivity index (χ4v) is 3.78. The number of aliphatic carboxylic acids is 1. The number of carbonyl (C=O) groups excluding carboxylic acids is 1. The van der Waals surface area contributed by atoms with Crippen molar-refractivity contribution < 1.29 is 19.7 Å². The number of nitrogens with one attached hydrogen (secondary N) is 2. The van der Waals surface area contributed by atoms with Gasteiger partial charge in [0.05, 0.1) is 12.2 Å². The number of aryl methyl sites for hydroxylation is 2. The average Bonchev–Trinajstić information content (AvgIpc) is 3.12. The second-order valence-corrected chi connectivity index (χ2v) is 8.68. The normalized spacial score (nSPS) is 12.5. The summed E-state index contributed by atoms with van der Waals surface area (Å²) in [5.41, 5.74) is 14.9. The lowest BCUT2D eigenvalue weighted by Gasteiger charge is -2.21. The molecule has 0 aliphatic heterocycles. The highest BCUT2D eigenvalue weighted by molar-refractivity contribution is 5.83. The Morgan fingerprint density at radius 1 is 1.22 bits per heavy atom. The topological polar surface area (TPSA) is 207 Å². The lowest BCUT2D eigenvalue weighted by Crippen LogP contribution is -2.40. The van der Waals surface area contributed by atoms with E-state index in [2.05, 4.69) is 26.4 Å². The van der Waals surface area contributed by atoms with Crippen molar-refractivity contribution in [2.45, 2.75) is 71.4 Å². The van der Waals surface area contributed by atoms with Crippen LogP contribution in [0.1, 0.15) is 56.3 Å². The fourth-order valence-electron chi connectivity index (χ4n) is 3.78. The maximum Gasteiger partial charge on any atom is 0.326 e. The summed E-state index contributed by atoms with van der Waals surface area (Å²) in [5.74, 6) is -1.80. The zero-order valence-electron chi connectivity index (χ0n) is 21.3. The Hall–Kier alpha value is -3.26. The van der Waals surface area contributed by atoms with Crippen LogP contribution in [0.15, 0.2) is 11.1 Å². The zero-order chi connectivity index (χ0) is 26.9. The van der Waals surface area contributed by atoms with E-state index in [1.165, 1.54) is 0 Å². The molecule has 0 aliphatic rings. The number of rotatable bonds is 19. The average molecular weight is 512 g/mol. The van der Waals surface area contributed by atoms with Crippen molar-refractivity contribution in [2.24, 2.45) is 16.5 Å². The van der Waals surface area contributed by atoms with Crippen LogP contribution in [0.3, 0.4) is 0 Å². The first-order valence-corrected chi connectivity index (χ1v) is 12.3. The van der Waals surface area contributed by atoms with Crippen LogP contribution < -0.4 is 22.2 Å². The number of nitrogens with zero attached hydrogens (tertiary/aromatic N) is 5. The quantitative estimate of drug-likeness (QED) is 0.0558. The molecule has 1 heterocycles. The van der Waals surface area contributed by atoms with Crippen molar-refractivity contribution in [2.75, 3.05) is 32.7 Å². The third-order valence-electron chi connectivity index (χ3n) is 5.58. The summed E-state index contributed by atoms with van der Waals surface area (Å²) in [7, 11) is 0. The van der Waals surface area contributed by atoms with E-state index in [1.54, 1.807) is 5.43 Å². The summed E-state index contributed by atoms with van der Waals surface area (Å²) in [5, 5.41) is 25.8.